The SMILES string of the molecule is C=C1CC(C)(C)Nc2ccc3c(c21)[C@@H](c1cccc(Cl)c1)Oc1ccccc1-3. The third-order valence-corrected chi connectivity index (χ3v) is 5.80. The van der Waals surface area contributed by atoms with E-state index in [9.17, 15) is 0 Å². The highest BCUT2D eigenvalue weighted by Crippen LogP contribution is 2.51. The number of para-hydroxylation sites is 1. The fourth-order valence-corrected chi connectivity index (χ4v) is 4.72. The molecule has 0 saturated carbocycles. The van der Waals surface area contributed by atoms with Gasteiger partial charge in [-0.3, -0.25) is 0 Å². The van der Waals surface area contributed by atoms with E-state index in [-0.39, 0.29) is 11.6 Å². The molecule has 28 heavy (non-hydrogen) atoms. The molecule has 0 aliphatic carbocycles. The van der Waals surface area contributed by atoms with E-state index in [2.05, 4.69) is 56.1 Å². The highest BCUT2D eigenvalue weighted by molar-refractivity contribution is 6.30. The van der Waals surface area contributed by atoms with E-state index < -0.39 is 0 Å². The van der Waals surface area contributed by atoms with Gasteiger partial charge >= 0.3 is 0 Å². The van der Waals surface area contributed by atoms with Crippen LogP contribution < -0.4 is 10.1 Å². The summed E-state index contributed by atoms with van der Waals surface area (Å²) in [5, 5.41) is 4.39. The molecular weight excluding hydrogens is 366 g/mol. The molecule has 0 unspecified atom stereocenters. The maximum atomic E-state index is 6.54. The molecule has 2 heterocycles. The van der Waals surface area contributed by atoms with Crippen molar-refractivity contribution >= 4 is 22.9 Å². The highest BCUT2D eigenvalue weighted by Gasteiger charge is 2.35. The zero-order valence-corrected chi connectivity index (χ0v) is 16.8. The van der Waals surface area contributed by atoms with Crippen LogP contribution in [0, 0.1) is 0 Å². The van der Waals surface area contributed by atoms with Crippen LogP contribution in [0.3, 0.4) is 0 Å². The molecule has 3 aromatic carbocycles. The highest BCUT2D eigenvalue weighted by atomic mass is 35.5. The minimum absolute atomic E-state index is 0.0166. The molecule has 0 fully saturated rings. The summed E-state index contributed by atoms with van der Waals surface area (Å²) < 4.78 is 6.54. The molecule has 0 saturated heterocycles. The lowest BCUT2D eigenvalue weighted by Gasteiger charge is -2.39. The lowest BCUT2D eigenvalue weighted by molar-refractivity contribution is 0.243. The Morgan fingerprint density at radius 3 is 2.68 bits per heavy atom. The monoisotopic (exact) mass is 387 g/mol. The molecular formula is C25H22ClNO. The van der Waals surface area contributed by atoms with Crippen molar-refractivity contribution in [3.63, 3.8) is 0 Å². The van der Waals surface area contributed by atoms with Crippen LogP contribution in [0.25, 0.3) is 16.7 Å². The third kappa shape index (κ3) is 2.71. The Morgan fingerprint density at radius 1 is 1.04 bits per heavy atom. The van der Waals surface area contributed by atoms with Crippen LogP contribution in [0.2, 0.25) is 5.02 Å². The molecule has 0 bridgehead atoms. The van der Waals surface area contributed by atoms with Crippen molar-refractivity contribution in [1.82, 2.24) is 0 Å². The lowest BCUT2D eigenvalue weighted by Crippen LogP contribution is -2.35. The fourth-order valence-electron chi connectivity index (χ4n) is 4.52. The second-order valence-electron chi connectivity index (χ2n) is 8.29. The van der Waals surface area contributed by atoms with Gasteiger partial charge in [0.05, 0.1) is 0 Å². The number of hydrogen-bond donors (Lipinski definition) is 1. The van der Waals surface area contributed by atoms with E-state index >= 15 is 0 Å². The molecule has 2 aliphatic rings. The average molecular weight is 388 g/mol. The summed E-state index contributed by atoms with van der Waals surface area (Å²) in [6, 6.07) is 20.6. The Labute approximate surface area is 170 Å². The standard InChI is InChI=1S/C25H22ClNO/c1-15-14-25(2,3)27-20-12-11-19-18-9-4-5-10-21(18)28-24(23(19)22(15)20)16-7-6-8-17(26)13-16/h4-13,24,27H,1,14H2,2-3H3/t24-/m1/s1. The van der Waals surface area contributed by atoms with E-state index in [1.54, 1.807) is 0 Å². The van der Waals surface area contributed by atoms with E-state index in [0.29, 0.717) is 5.02 Å². The maximum absolute atomic E-state index is 6.54. The number of ether oxygens (including phenoxy) is 1. The first-order valence-corrected chi connectivity index (χ1v) is 9.95. The summed E-state index contributed by atoms with van der Waals surface area (Å²) in [4.78, 5) is 0. The predicted molar refractivity (Wildman–Crippen MR) is 117 cm³/mol. The van der Waals surface area contributed by atoms with Gasteiger partial charge in [-0.25, -0.2) is 0 Å². The number of anilines is 1. The van der Waals surface area contributed by atoms with Crippen LogP contribution in [-0.4, -0.2) is 5.54 Å². The minimum atomic E-state index is -0.224. The van der Waals surface area contributed by atoms with E-state index in [1.807, 2.05) is 30.3 Å². The number of fused-ring (bicyclic) bond motifs is 5. The number of hydrogen-bond acceptors (Lipinski definition) is 2. The first kappa shape index (κ1) is 17.4. The number of nitrogens with one attached hydrogen (secondary N) is 1. The number of rotatable bonds is 1. The number of benzene rings is 3. The van der Waals surface area contributed by atoms with Crippen LogP contribution >= 0.6 is 11.6 Å². The molecule has 0 aromatic heterocycles. The number of halogens is 1. The van der Waals surface area contributed by atoms with Gasteiger partial charge < -0.3 is 10.1 Å². The summed E-state index contributed by atoms with van der Waals surface area (Å²) in [5.74, 6) is 0.898. The minimum Gasteiger partial charge on any atom is -0.480 e. The molecule has 1 N–H and O–H groups in total. The van der Waals surface area contributed by atoms with Gasteiger partial charge in [0.15, 0.2) is 6.10 Å². The summed E-state index contributed by atoms with van der Waals surface area (Å²) in [6.07, 6.45) is 0.665. The van der Waals surface area contributed by atoms with Gasteiger partial charge in [-0.05, 0) is 61.2 Å². The molecule has 2 nitrogen and oxygen atoms in total. The van der Waals surface area contributed by atoms with E-state index in [0.717, 1.165) is 34.6 Å². The third-order valence-electron chi connectivity index (χ3n) is 5.56. The Kier molecular flexibility index (Phi) is 3.82. The largest absolute Gasteiger partial charge is 0.480 e. The topological polar surface area (TPSA) is 21.3 Å². The molecule has 0 amide bonds. The van der Waals surface area contributed by atoms with Crippen molar-refractivity contribution in [2.75, 3.05) is 5.32 Å². The molecule has 3 heteroatoms. The lowest BCUT2D eigenvalue weighted by atomic mass is 9.78. The van der Waals surface area contributed by atoms with Gasteiger partial charge in [0.25, 0.3) is 0 Å². The van der Waals surface area contributed by atoms with Gasteiger partial charge in [-0.1, -0.05) is 54.6 Å². The van der Waals surface area contributed by atoms with Crippen LogP contribution in [0.4, 0.5) is 5.69 Å². The Bertz CT molecular complexity index is 1120. The van der Waals surface area contributed by atoms with Gasteiger partial charge in [0.1, 0.15) is 5.75 Å². The van der Waals surface area contributed by atoms with Crippen molar-refractivity contribution in [3.05, 3.63) is 89.0 Å². The van der Waals surface area contributed by atoms with Gasteiger partial charge in [0.2, 0.25) is 0 Å². The Hall–Kier alpha value is -2.71. The average Bonchev–Trinajstić information content (AvgIpc) is 2.65. The van der Waals surface area contributed by atoms with E-state index in [4.69, 9.17) is 16.3 Å². The second kappa shape index (κ2) is 6.15. The fraction of sp³-hybridized carbons (Fsp3) is 0.200. The molecule has 0 spiro atoms. The quantitative estimate of drug-likeness (QED) is 0.481. The molecule has 1 atom stereocenters. The molecule has 140 valence electrons. The summed E-state index contributed by atoms with van der Waals surface area (Å²) in [5.41, 5.74) is 7.97. The zero-order valence-electron chi connectivity index (χ0n) is 16.1. The van der Waals surface area contributed by atoms with Crippen molar-refractivity contribution < 1.29 is 4.74 Å². The van der Waals surface area contributed by atoms with Crippen LogP contribution in [0.15, 0.2) is 67.2 Å². The van der Waals surface area contributed by atoms with Crippen molar-refractivity contribution in [1.29, 1.82) is 0 Å². The van der Waals surface area contributed by atoms with Crippen LogP contribution in [-0.2, 0) is 0 Å². The summed E-state index contributed by atoms with van der Waals surface area (Å²) in [6.45, 7) is 8.86. The molecule has 2 aliphatic heterocycles. The Balaban J connectivity index is 1.80. The zero-order chi connectivity index (χ0) is 19.5. The first-order valence-electron chi connectivity index (χ1n) is 9.58. The van der Waals surface area contributed by atoms with Crippen molar-refractivity contribution in [2.24, 2.45) is 0 Å². The normalized spacial score (nSPS) is 19.0. The second-order valence-corrected chi connectivity index (χ2v) is 8.72. The summed E-state index contributed by atoms with van der Waals surface area (Å²) in [7, 11) is 0. The molecule has 5 rings (SSSR count). The maximum Gasteiger partial charge on any atom is 0.150 e. The smallest absolute Gasteiger partial charge is 0.150 e. The van der Waals surface area contributed by atoms with Crippen molar-refractivity contribution in [3.8, 4) is 16.9 Å². The van der Waals surface area contributed by atoms with Gasteiger partial charge in [-0.2, -0.15) is 0 Å². The first-order chi connectivity index (χ1) is 13.4. The Morgan fingerprint density at radius 2 is 1.86 bits per heavy atom. The predicted octanol–water partition coefficient (Wildman–Crippen LogP) is 7.10. The van der Waals surface area contributed by atoms with Crippen LogP contribution in [0.1, 0.15) is 43.1 Å². The van der Waals surface area contributed by atoms with Crippen molar-refractivity contribution in [2.45, 2.75) is 31.9 Å². The van der Waals surface area contributed by atoms with Gasteiger partial charge in [0, 0.05) is 32.9 Å². The van der Waals surface area contributed by atoms with Gasteiger partial charge in [-0.15, -0.1) is 0 Å². The molecule has 0 radical (unpaired) electrons. The summed E-state index contributed by atoms with van der Waals surface area (Å²) >= 11 is 6.32. The van der Waals surface area contributed by atoms with E-state index in [1.165, 1.54) is 16.7 Å². The van der Waals surface area contributed by atoms with Crippen LogP contribution in [0.5, 0.6) is 5.75 Å². The molecule has 3 aromatic rings.